The molecule has 0 unspecified atom stereocenters. The van der Waals surface area contributed by atoms with Gasteiger partial charge in [0.15, 0.2) is 0 Å². The first-order chi connectivity index (χ1) is 24.4. The average molecular weight is 754 g/mol. The predicted molar refractivity (Wildman–Crippen MR) is 197 cm³/mol. The lowest BCUT2D eigenvalue weighted by molar-refractivity contribution is -0.385. The van der Waals surface area contributed by atoms with Crippen LogP contribution >= 0.6 is 23.2 Å². The fraction of sp³-hybridized carbons (Fsp3) is 0.297. The number of nitro benzene ring substituents is 1. The van der Waals surface area contributed by atoms with E-state index in [0.717, 1.165) is 41.6 Å². The molecule has 268 valence electrons. The molecule has 4 aromatic rings. The Kier molecular flexibility index (Phi) is 12.2. The smallest absolute Gasteiger partial charge is 0.273 e. The van der Waals surface area contributed by atoms with Gasteiger partial charge >= 0.3 is 0 Å². The fourth-order valence-corrected chi connectivity index (χ4v) is 7.88. The molecule has 5 rings (SSSR count). The van der Waals surface area contributed by atoms with E-state index in [9.17, 15) is 28.1 Å². The summed E-state index contributed by atoms with van der Waals surface area (Å²) in [6, 6.07) is 22.8. The minimum absolute atomic E-state index is 0.0480. The minimum Gasteiger partial charge on any atom is -0.495 e. The van der Waals surface area contributed by atoms with Crippen LogP contribution in [0.2, 0.25) is 10.0 Å². The van der Waals surface area contributed by atoms with E-state index in [-0.39, 0.29) is 46.9 Å². The van der Waals surface area contributed by atoms with Crippen LogP contribution in [0.5, 0.6) is 5.75 Å². The maximum Gasteiger partial charge on any atom is 0.273 e. The number of carbonyl (C=O) groups excluding carboxylic acids is 2. The first kappa shape index (κ1) is 37.6. The minimum atomic E-state index is -4.68. The van der Waals surface area contributed by atoms with Crippen LogP contribution in [0.1, 0.15) is 42.4 Å². The van der Waals surface area contributed by atoms with E-state index < -0.39 is 44.0 Å². The number of benzene rings is 4. The SMILES string of the molecule is COc1ccc(Cl)cc1N(CC(=O)N(Cc1ccc(Cl)cc1)[C@H](Cc1ccccc1)C(=O)NC1CCCC1)S(=O)(=O)c1ccc(C)c([N+](=O)[O-])c1. The predicted octanol–water partition coefficient (Wildman–Crippen LogP) is 7.11. The van der Waals surface area contributed by atoms with Gasteiger partial charge in [-0.3, -0.25) is 24.0 Å². The van der Waals surface area contributed by atoms with Crippen molar-refractivity contribution in [2.45, 2.75) is 62.6 Å². The van der Waals surface area contributed by atoms with Crippen LogP contribution in [0.15, 0.2) is 95.9 Å². The van der Waals surface area contributed by atoms with Gasteiger partial charge in [0.05, 0.1) is 22.6 Å². The Balaban J connectivity index is 1.63. The number of hydrogen-bond donors (Lipinski definition) is 1. The first-order valence-corrected chi connectivity index (χ1v) is 18.6. The quantitative estimate of drug-likeness (QED) is 0.107. The zero-order valence-electron chi connectivity index (χ0n) is 28.1. The van der Waals surface area contributed by atoms with Gasteiger partial charge in [-0.2, -0.15) is 0 Å². The van der Waals surface area contributed by atoms with Crippen molar-refractivity contribution in [3.8, 4) is 5.75 Å². The van der Waals surface area contributed by atoms with Crippen LogP contribution < -0.4 is 14.4 Å². The highest BCUT2D eigenvalue weighted by molar-refractivity contribution is 7.92. The van der Waals surface area contributed by atoms with Gasteiger partial charge in [-0.05, 0) is 67.3 Å². The maximum atomic E-state index is 14.8. The fourth-order valence-electron chi connectivity index (χ4n) is 6.15. The Morgan fingerprint density at radius 1 is 0.941 bits per heavy atom. The number of hydrogen-bond acceptors (Lipinski definition) is 7. The second-order valence-corrected chi connectivity index (χ2v) is 15.1. The lowest BCUT2D eigenvalue weighted by Crippen LogP contribution is -2.54. The Hall–Kier alpha value is -4.65. The number of nitrogens with zero attached hydrogens (tertiary/aromatic N) is 3. The zero-order chi connectivity index (χ0) is 36.7. The van der Waals surface area contributed by atoms with Gasteiger partial charge in [0, 0.05) is 40.7 Å². The van der Waals surface area contributed by atoms with Crippen molar-refractivity contribution in [1.82, 2.24) is 10.2 Å². The normalized spacial score (nSPS) is 13.7. The second-order valence-electron chi connectivity index (χ2n) is 12.4. The highest BCUT2D eigenvalue weighted by Gasteiger charge is 2.37. The van der Waals surface area contributed by atoms with Gasteiger partial charge < -0.3 is 15.0 Å². The molecular weight excluding hydrogens is 715 g/mol. The lowest BCUT2D eigenvalue weighted by Gasteiger charge is -2.34. The number of nitro groups is 1. The zero-order valence-corrected chi connectivity index (χ0v) is 30.5. The summed E-state index contributed by atoms with van der Waals surface area (Å²) in [6.07, 6.45) is 3.74. The summed E-state index contributed by atoms with van der Waals surface area (Å²) in [7, 11) is -3.34. The molecule has 51 heavy (non-hydrogen) atoms. The molecule has 1 N–H and O–H groups in total. The summed E-state index contributed by atoms with van der Waals surface area (Å²) in [5.41, 5.74) is 1.24. The number of ether oxygens (including phenoxy) is 1. The number of aryl methyl sites for hydroxylation is 1. The first-order valence-electron chi connectivity index (χ1n) is 16.4. The van der Waals surface area contributed by atoms with E-state index in [2.05, 4.69) is 5.32 Å². The van der Waals surface area contributed by atoms with Gasteiger partial charge in [0.25, 0.3) is 15.7 Å². The largest absolute Gasteiger partial charge is 0.495 e. The van der Waals surface area contributed by atoms with E-state index in [4.69, 9.17) is 27.9 Å². The standard InChI is InChI=1S/C37H38Cl2N4O7S/c1-25-12-18-31(22-32(25)43(46)47)51(48,49)42(33-21-29(39)17-19-35(33)50-2)24-36(44)41(23-27-13-15-28(38)16-14-27)34(20-26-8-4-3-5-9-26)37(45)40-30-10-6-7-11-30/h3-5,8-9,12-19,21-22,30,34H,6-7,10-11,20,23-24H2,1-2H3,(H,40,45)/t34-/m1/s1. The van der Waals surface area contributed by atoms with Crippen molar-refractivity contribution in [3.05, 3.63) is 128 Å². The molecule has 14 heteroatoms. The van der Waals surface area contributed by atoms with E-state index >= 15 is 0 Å². The number of methoxy groups -OCH3 is 1. The number of anilines is 1. The van der Waals surface area contributed by atoms with Gasteiger partial charge in [0.2, 0.25) is 11.8 Å². The van der Waals surface area contributed by atoms with Gasteiger partial charge in [0.1, 0.15) is 18.3 Å². The molecule has 1 fully saturated rings. The molecular formula is C37H38Cl2N4O7S. The lowest BCUT2D eigenvalue weighted by atomic mass is 10.0. The van der Waals surface area contributed by atoms with Crippen LogP contribution in [0.25, 0.3) is 0 Å². The number of sulfonamides is 1. The number of halogens is 2. The maximum absolute atomic E-state index is 14.8. The summed E-state index contributed by atoms with van der Waals surface area (Å²) in [5, 5.41) is 15.6. The molecule has 1 aliphatic carbocycles. The molecule has 0 aromatic heterocycles. The van der Waals surface area contributed by atoms with E-state index in [1.807, 2.05) is 30.3 Å². The molecule has 1 atom stereocenters. The van der Waals surface area contributed by atoms with Gasteiger partial charge in [-0.15, -0.1) is 0 Å². The summed E-state index contributed by atoms with van der Waals surface area (Å²) in [5.74, 6) is -0.988. The molecule has 0 spiro atoms. The summed E-state index contributed by atoms with van der Waals surface area (Å²) >= 11 is 12.5. The van der Waals surface area contributed by atoms with E-state index in [1.54, 1.807) is 24.3 Å². The van der Waals surface area contributed by atoms with Crippen molar-refractivity contribution in [2.24, 2.45) is 0 Å². The summed E-state index contributed by atoms with van der Waals surface area (Å²) in [6.45, 7) is 0.645. The third kappa shape index (κ3) is 9.18. The number of amides is 2. The Bertz CT molecular complexity index is 1990. The summed E-state index contributed by atoms with van der Waals surface area (Å²) in [4.78, 5) is 41.1. The van der Waals surface area contributed by atoms with Crippen LogP contribution in [0.3, 0.4) is 0 Å². The Morgan fingerprint density at radius 3 is 2.25 bits per heavy atom. The van der Waals surface area contributed by atoms with Crippen molar-refractivity contribution < 1.29 is 27.7 Å². The number of carbonyl (C=O) groups is 2. The van der Waals surface area contributed by atoms with Crippen molar-refractivity contribution in [1.29, 1.82) is 0 Å². The highest BCUT2D eigenvalue weighted by atomic mass is 35.5. The van der Waals surface area contributed by atoms with Gasteiger partial charge in [-0.25, -0.2) is 8.42 Å². The Morgan fingerprint density at radius 2 is 1.61 bits per heavy atom. The molecule has 0 aliphatic heterocycles. The van der Waals surface area contributed by atoms with Crippen LogP contribution in [0.4, 0.5) is 11.4 Å². The van der Waals surface area contributed by atoms with Crippen molar-refractivity contribution >= 4 is 56.4 Å². The summed E-state index contributed by atoms with van der Waals surface area (Å²) < 4.78 is 35.4. The molecule has 0 radical (unpaired) electrons. The highest BCUT2D eigenvalue weighted by Crippen LogP contribution is 2.36. The van der Waals surface area contributed by atoms with E-state index in [0.29, 0.717) is 10.6 Å². The van der Waals surface area contributed by atoms with Gasteiger partial charge in [-0.1, -0.05) is 84.6 Å². The molecule has 0 saturated heterocycles. The average Bonchev–Trinajstić information content (AvgIpc) is 3.62. The monoisotopic (exact) mass is 752 g/mol. The second kappa shape index (κ2) is 16.6. The Labute approximate surface area is 307 Å². The third-order valence-corrected chi connectivity index (χ3v) is 11.1. The van der Waals surface area contributed by atoms with Crippen LogP contribution in [-0.2, 0) is 32.6 Å². The molecule has 2 amide bonds. The van der Waals surface area contributed by atoms with E-state index in [1.165, 1.54) is 49.3 Å². The van der Waals surface area contributed by atoms with Crippen molar-refractivity contribution in [2.75, 3.05) is 18.0 Å². The van der Waals surface area contributed by atoms with Crippen LogP contribution in [-0.4, -0.2) is 55.8 Å². The molecule has 0 bridgehead atoms. The topological polar surface area (TPSA) is 139 Å². The van der Waals surface area contributed by atoms with Crippen LogP contribution in [0, 0.1) is 17.0 Å². The molecule has 0 heterocycles. The number of rotatable bonds is 14. The molecule has 4 aromatic carbocycles. The van der Waals surface area contributed by atoms with Crippen molar-refractivity contribution in [3.63, 3.8) is 0 Å². The molecule has 1 aliphatic rings. The molecule has 1 saturated carbocycles. The number of nitrogens with one attached hydrogen (secondary N) is 1. The molecule has 11 nitrogen and oxygen atoms in total. The third-order valence-electron chi connectivity index (χ3n) is 8.89.